The van der Waals surface area contributed by atoms with E-state index in [9.17, 15) is 37.2 Å². The van der Waals surface area contributed by atoms with E-state index in [0.29, 0.717) is 6.07 Å². The van der Waals surface area contributed by atoms with Gasteiger partial charge in [-0.25, -0.2) is 17.2 Å². The third-order valence-electron chi connectivity index (χ3n) is 4.65. The maximum atomic E-state index is 14.2. The molecule has 1 aliphatic heterocycles. The largest absolute Gasteiger partial charge is 0.481 e. The van der Waals surface area contributed by atoms with Crippen molar-refractivity contribution >= 4 is 21.7 Å². The third-order valence-corrected chi connectivity index (χ3v) is 6.52. The van der Waals surface area contributed by atoms with Gasteiger partial charge in [-0.05, 0) is 17.7 Å². The van der Waals surface area contributed by atoms with Crippen LogP contribution in [0, 0.1) is 27.7 Å². The lowest BCUT2D eigenvalue weighted by molar-refractivity contribution is -0.387. The average Bonchev–Trinajstić information content (AvgIpc) is 3.08. The fourth-order valence-corrected chi connectivity index (χ4v) is 4.95. The highest BCUT2D eigenvalue weighted by Gasteiger charge is 2.45. The Labute approximate surface area is 158 Å². The Kier molecular flexibility index (Phi) is 5.13. The number of rotatable bonds is 5. The Balaban J connectivity index is 2.03. The van der Waals surface area contributed by atoms with E-state index in [-0.39, 0.29) is 5.56 Å². The minimum absolute atomic E-state index is 0.130. The molecule has 1 heterocycles. The van der Waals surface area contributed by atoms with E-state index >= 15 is 0 Å². The van der Waals surface area contributed by atoms with Crippen LogP contribution in [0.3, 0.4) is 0 Å². The number of aliphatic carboxylic acids is 1. The molecule has 1 fully saturated rings. The third kappa shape index (κ3) is 3.45. The van der Waals surface area contributed by atoms with Crippen molar-refractivity contribution in [2.75, 3.05) is 13.1 Å². The van der Waals surface area contributed by atoms with Gasteiger partial charge < -0.3 is 5.11 Å². The number of para-hydroxylation sites is 1. The molecule has 2 aromatic rings. The Morgan fingerprint density at radius 2 is 1.86 bits per heavy atom. The summed E-state index contributed by atoms with van der Waals surface area (Å²) in [6, 6.07) is 7.31. The van der Waals surface area contributed by atoms with Gasteiger partial charge >= 0.3 is 5.97 Å². The lowest BCUT2D eigenvalue weighted by Crippen LogP contribution is -2.30. The number of carboxylic acids is 1. The number of nitrogens with zero attached hydrogens (tertiary/aromatic N) is 2. The zero-order valence-electron chi connectivity index (χ0n) is 14.2. The smallest absolute Gasteiger partial charge is 0.308 e. The van der Waals surface area contributed by atoms with Crippen LogP contribution in [0.25, 0.3) is 0 Å². The number of benzene rings is 2. The van der Waals surface area contributed by atoms with Crippen molar-refractivity contribution in [2.45, 2.75) is 10.8 Å². The first-order chi connectivity index (χ1) is 13.1. The predicted octanol–water partition coefficient (Wildman–Crippen LogP) is 2.36. The van der Waals surface area contributed by atoms with Crippen LogP contribution in [-0.2, 0) is 14.8 Å². The normalized spacial score (nSPS) is 20.2. The molecule has 1 N–H and O–H groups in total. The quantitative estimate of drug-likeness (QED) is 0.595. The number of sulfonamides is 1. The number of carbonyl (C=O) groups is 1. The molecular weight excluding hydrogens is 398 g/mol. The number of hydrogen-bond acceptors (Lipinski definition) is 5. The van der Waals surface area contributed by atoms with E-state index in [1.807, 2.05) is 0 Å². The first-order valence-corrected chi connectivity index (χ1v) is 9.48. The van der Waals surface area contributed by atoms with Crippen LogP contribution in [0.1, 0.15) is 11.5 Å². The number of carboxylic acid groups (broad SMARTS) is 1. The van der Waals surface area contributed by atoms with Gasteiger partial charge in [0.15, 0.2) is 4.90 Å². The molecule has 0 saturated carbocycles. The lowest BCUT2D eigenvalue weighted by atomic mass is 9.88. The van der Waals surface area contributed by atoms with Crippen molar-refractivity contribution in [1.29, 1.82) is 0 Å². The van der Waals surface area contributed by atoms with Gasteiger partial charge in [-0.15, -0.1) is 0 Å². The van der Waals surface area contributed by atoms with Crippen molar-refractivity contribution in [3.05, 3.63) is 69.8 Å². The van der Waals surface area contributed by atoms with E-state index in [1.54, 1.807) is 0 Å². The molecular formula is C17H14F2N2O6S. The average molecular weight is 412 g/mol. The van der Waals surface area contributed by atoms with Crippen LogP contribution in [0.4, 0.5) is 14.5 Å². The van der Waals surface area contributed by atoms with Gasteiger partial charge in [-0.3, -0.25) is 14.9 Å². The van der Waals surface area contributed by atoms with Gasteiger partial charge in [0.1, 0.15) is 11.6 Å². The molecule has 0 amide bonds. The molecule has 0 aliphatic carbocycles. The first-order valence-electron chi connectivity index (χ1n) is 8.04. The molecule has 0 spiro atoms. The van der Waals surface area contributed by atoms with Crippen LogP contribution in [0.5, 0.6) is 0 Å². The van der Waals surface area contributed by atoms with Crippen molar-refractivity contribution < 1.29 is 32.0 Å². The molecule has 0 radical (unpaired) electrons. The Morgan fingerprint density at radius 1 is 1.18 bits per heavy atom. The summed E-state index contributed by atoms with van der Waals surface area (Å²) in [6.07, 6.45) is 0. The zero-order chi connectivity index (χ0) is 20.6. The summed E-state index contributed by atoms with van der Waals surface area (Å²) in [5.74, 6) is -5.56. The second-order valence-corrected chi connectivity index (χ2v) is 8.17. The summed E-state index contributed by atoms with van der Waals surface area (Å²) in [5, 5.41) is 20.6. The predicted molar refractivity (Wildman–Crippen MR) is 92.1 cm³/mol. The number of nitro groups is 1. The van der Waals surface area contributed by atoms with Gasteiger partial charge in [0.2, 0.25) is 10.0 Å². The fourth-order valence-electron chi connectivity index (χ4n) is 3.30. The highest BCUT2D eigenvalue weighted by Crippen LogP contribution is 2.38. The first kappa shape index (κ1) is 19.8. The maximum Gasteiger partial charge on any atom is 0.308 e. The number of nitro benzene ring substituents is 1. The van der Waals surface area contributed by atoms with E-state index < -0.39 is 68.1 Å². The molecule has 0 unspecified atom stereocenters. The number of halogens is 2. The molecule has 28 heavy (non-hydrogen) atoms. The van der Waals surface area contributed by atoms with E-state index in [4.69, 9.17) is 0 Å². The summed E-state index contributed by atoms with van der Waals surface area (Å²) in [4.78, 5) is 21.4. The van der Waals surface area contributed by atoms with Crippen molar-refractivity contribution in [3.8, 4) is 0 Å². The molecule has 1 aliphatic rings. The van der Waals surface area contributed by atoms with Crippen LogP contribution in [-0.4, -0.2) is 41.8 Å². The van der Waals surface area contributed by atoms with Gasteiger partial charge in [0.25, 0.3) is 5.69 Å². The van der Waals surface area contributed by atoms with Crippen LogP contribution < -0.4 is 0 Å². The molecule has 2 aromatic carbocycles. The molecule has 148 valence electrons. The second kappa shape index (κ2) is 7.24. The number of hydrogen-bond donors (Lipinski definition) is 1. The molecule has 0 aromatic heterocycles. The summed E-state index contributed by atoms with van der Waals surface area (Å²) in [5.41, 5.74) is -0.778. The van der Waals surface area contributed by atoms with Crippen molar-refractivity contribution in [2.24, 2.45) is 5.92 Å². The van der Waals surface area contributed by atoms with E-state index in [0.717, 1.165) is 28.6 Å². The van der Waals surface area contributed by atoms with Gasteiger partial charge in [-0.1, -0.05) is 18.2 Å². The molecule has 11 heteroatoms. The van der Waals surface area contributed by atoms with Crippen molar-refractivity contribution in [3.63, 3.8) is 0 Å². The van der Waals surface area contributed by atoms with Crippen LogP contribution in [0.2, 0.25) is 0 Å². The van der Waals surface area contributed by atoms with Crippen LogP contribution >= 0.6 is 0 Å². The van der Waals surface area contributed by atoms with E-state index in [1.165, 1.54) is 12.1 Å². The molecule has 1 saturated heterocycles. The standard InChI is InChI=1S/C17H14F2N2O6S/c18-10-5-6-11(14(19)7-10)12-8-20(9-13(12)17(22)23)28(26,27)16-4-2-1-3-15(16)21(24)25/h1-7,12-13H,8-9H2,(H,22,23)/t12-,13+/m0/s1. The highest BCUT2D eigenvalue weighted by atomic mass is 32.2. The molecule has 3 rings (SSSR count). The maximum absolute atomic E-state index is 14.2. The topological polar surface area (TPSA) is 118 Å². The Hall–Kier alpha value is -2.92. The highest BCUT2D eigenvalue weighted by molar-refractivity contribution is 7.89. The van der Waals surface area contributed by atoms with E-state index in [2.05, 4.69) is 0 Å². The minimum atomic E-state index is -4.41. The fraction of sp³-hybridized carbons (Fsp3) is 0.235. The summed E-state index contributed by atoms with van der Waals surface area (Å²) in [6.45, 7) is -0.904. The summed E-state index contributed by atoms with van der Waals surface area (Å²) in [7, 11) is -4.41. The van der Waals surface area contributed by atoms with Crippen molar-refractivity contribution in [1.82, 2.24) is 4.31 Å². The van der Waals surface area contributed by atoms with Crippen LogP contribution in [0.15, 0.2) is 47.4 Å². The van der Waals surface area contributed by atoms with Gasteiger partial charge in [-0.2, -0.15) is 4.31 Å². The van der Waals surface area contributed by atoms with Gasteiger partial charge in [0.05, 0.1) is 10.8 Å². The lowest BCUT2D eigenvalue weighted by Gasteiger charge is -2.17. The molecule has 8 nitrogen and oxygen atoms in total. The zero-order valence-corrected chi connectivity index (χ0v) is 15.0. The van der Waals surface area contributed by atoms with Gasteiger partial charge in [0, 0.05) is 31.1 Å². The molecule has 0 bridgehead atoms. The monoisotopic (exact) mass is 412 g/mol. The minimum Gasteiger partial charge on any atom is -0.481 e. The second-order valence-electron chi connectivity index (χ2n) is 6.26. The summed E-state index contributed by atoms with van der Waals surface area (Å²) < 4.78 is 54.0. The Morgan fingerprint density at radius 3 is 2.46 bits per heavy atom. The SMILES string of the molecule is O=C(O)[C@@H]1CN(S(=O)(=O)c2ccccc2[N+](=O)[O-])C[C@H]1c1ccc(F)cc1F. The summed E-state index contributed by atoms with van der Waals surface area (Å²) >= 11 is 0. The Bertz CT molecular complexity index is 1060. The molecule has 2 atom stereocenters.